The Kier molecular flexibility index (Phi) is 6.67. The minimum atomic E-state index is -0.0322. The molecule has 0 atom stereocenters. The van der Waals surface area contributed by atoms with Crippen molar-refractivity contribution in [2.75, 3.05) is 0 Å². The van der Waals surface area contributed by atoms with Crippen LogP contribution >= 0.6 is 0 Å². The number of allylic oxidation sites excluding steroid dienone is 8. The van der Waals surface area contributed by atoms with E-state index in [1.54, 1.807) is 24.3 Å². The second-order valence-corrected chi connectivity index (χ2v) is 3.86. The molecule has 0 spiro atoms. The normalized spacial score (nSPS) is 12.6. The molecule has 0 aromatic heterocycles. The van der Waals surface area contributed by atoms with Crippen LogP contribution in [0.2, 0.25) is 0 Å². The third-order valence-electron chi connectivity index (χ3n) is 2.44. The SMILES string of the molecule is C=C\C=C/C(/C=C/C(=O)/C=C/c1ccccc1)=C\C. The van der Waals surface area contributed by atoms with Crippen LogP contribution in [0.4, 0.5) is 0 Å². The predicted molar refractivity (Wildman–Crippen MR) is 82.7 cm³/mol. The summed E-state index contributed by atoms with van der Waals surface area (Å²) in [5.41, 5.74) is 1.99. The van der Waals surface area contributed by atoms with Crippen molar-refractivity contribution in [1.29, 1.82) is 0 Å². The summed E-state index contributed by atoms with van der Waals surface area (Å²) in [6, 6.07) is 9.74. The Labute approximate surface area is 115 Å². The van der Waals surface area contributed by atoms with Crippen molar-refractivity contribution in [3.05, 3.63) is 90.6 Å². The molecule has 1 aromatic rings. The Balaban J connectivity index is 2.62. The number of carbonyl (C=O) groups excluding carboxylic acids is 1. The lowest BCUT2D eigenvalue weighted by molar-refractivity contribution is -0.110. The Bertz CT molecular complexity index is 528. The average Bonchev–Trinajstić information content (AvgIpc) is 2.46. The summed E-state index contributed by atoms with van der Waals surface area (Å²) in [6.45, 7) is 5.54. The van der Waals surface area contributed by atoms with Crippen molar-refractivity contribution in [3.63, 3.8) is 0 Å². The van der Waals surface area contributed by atoms with Crippen molar-refractivity contribution in [2.45, 2.75) is 6.92 Å². The fourth-order valence-corrected chi connectivity index (χ4v) is 1.40. The molecule has 0 saturated heterocycles. The topological polar surface area (TPSA) is 17.1 Å². The van der Waals surface area contributed by atoms with E-state index in [1.165, 1.54) is 0 Å². The minimum absolute atomic E-state index is 0.0322. The summed E-state index contributed by atoms with van der Waals surface area (Å²) in [5.74, 6) is -0.0322. The van der Waals surface area contributed by atoms with E-state index >= 15 is 0 Å². The minimum Gasteiger partial charge on any atom is -0.290 e. The van der Waals surface area contributed by atoms with Crippen LogP contribution in [0.1, 0.15) is 12.5 Å². The Hall–Kier alpha value is -2.41. The number of rotatable bonds is 6. The number of benzene rings is 1. The van der Waals surface area contributed by atoms with Crippen molar-refractivity contribution in [2.24, 2.45) is 0 Å². The molecule has 0 heterocycles. The van der Waals surface area contributed by atoms with Crippen LogP contribution in [0, 0.1) is 0 Å². The lowest BCUT2D eigenvalue weighted by Gasteiger charge is -1.91. The monoisotopic (exact) mass is 250 g/mol. The predicted octanol–water partition coefficient (Wildman–Crippen LogP) is 4.51. The first-order chi connectivity index (χ1) is 9.26. The van der Waals surface area contributed by atoms with Gasteiger partial charge in [0.15, 0.2) is 5.78 Å². The lowest BCUT2D eigenvalue weighted by Crippen LogP contribution is -1.85. The van der Waals surface area contributed by atoms with E-state index in [-0.39, 0.29) is 5.78 Å². The Morgan fingerprint density at radius 2 is 1.79 bits per heavy atom. The fraction of sp³-hybridized carbons (Fsp3) is 0.0556. The van der Waals surface area contributed by atoms with Gasteiger partial charge in [0.2, 0.25) is 0 Å². The lowest BCUT2D eigenvalue weighted by atomic mass is 10.1. The van der Waals surface area contributed by atoms with Gasteiger partial charge < -0.3 is 0 Å². The number of hydrogen-bond acceptors (Lipinski definition) is 1. The molecule has 0 radical (unpaired) electrons. The maximum Gasteiger partial charge on any atom is 0.178 e. The van der Waals surface area contributed by atoms with Gasteiger partial charge in [-0.05, 0) is 30.2 Å². The molecule has 19 heavy (non-hydrogen) atoms. The molecule has 0 aliphatic rings. The van der Waals surface area contributed by atoms with Gasteiger partial charge in [-0.1, -0.05) is 73.4 Å². The first-order valence-electron chi connectivity index (χ1n) is 6.17. The molecular weight excluding hydrogens is 232 g/mol. The summed E-state index contributed by atoms with van der Waals surface area (Å²) in [4.78, 5) is 11.7. The van der Waals surface area contributed by atoms with Gasteiger partial charge in [0.1, 0.15) is 0 Å². The quantitative estimate of drug-likeness (QED) is 0.536. The van der Waals surface area contributed by atoms with E-state index in [4.69, 9.17) is 0 Å². The molecule has 1 nitrogen and oxygen atoms in total. The van der Waals surface area contributed by atoms with Gasteiger partial charge in [0.05, 0.1) is 0 Å². The van der Waals surface area contributed by atoms with Crippen molar-refractivity contribution in [3.8, 4) is 0 Å². The molecule has 0 aliphatic heterocycles. The molecule has 1 heteroatoms. The van der Waals surface area contributed by atoms with E-state index in [1.807, 2.05) is 61.6 Å². The zero-order valence-corrected chi connectivity index (χ0v) is 11.1. The zero-order chi connectivity index (χ0) is 13.9. The van der Waals surface area contributed by atoms with Gasteiger partial charge in [-0.3, -0.25) is 4.79 Å². The second-order valence-electron chi connectivity index (χ2n) is 3.86. The Morgan fingerprint density at radius 1 is 1.05 bits per heavy atom. The van der Waals surface area contributed by atoms with Crippen molar-refractivity contribution in [1.82, 2.24) is 0 Å². The van der Waals surface area contributed by atoms with Gasteiger partial charge >= 0.3 is 0 Å². The van der Waals surface area contributed by atoms with Crippen LogP contribution in [0.3, 0.4) is 0 Å². The van der Waals surface area contributed by atoms with Gasteiger partial charge in [0.25, 0.3) is 0 Å². The highest BCUT2D eigenvalue weighted by atomic mass is 16.1. The molecule has 0 unspecified atom stereocenters. The van der Waals surface area contributed by atoms with E-state index in [9.17, 15) is 4.79 Å². The van der Waals surface area contributed by atoms with Gasteiger partial charge in [-0.2, -0.15) is 0 Å². The van der Waals surface area contributed by atoms with Gasteiger partial charge in [-0.25, -0.2) is 0 Å². The summed E-state index contributed by atoms with van der Waals surface area (Å²) >= 11 is 0. The van der Waals surface area contributed by atoms with Crippen molar-refractivity contribution >= 4 is 11.9 Å². The maximum absolute atomic E-state index is 11.7. The summed E-state index contributed by atoms with van der Waals surface area (Å²) in [7, 11) is 0. The molecule has 0 aliphatic carbocycles. The number of hydrogen-bond donors (Lipinski definition) is 0. The maximum atomic E-state index is 11.7. The van der Waals surface area contributed by atoms with Crippen molar-refractivity contribution < 1.29 is 4.79 Å². The standard InChI is InChI=1S/C18H18O/c1-3-5-9-16(4-2)12-14-18(19)15-13-17-10-7-6-8-11-17/h3-15H,1H2,2H3/b9-5-,14-12+,15-13+,16-4+. The number of ketones is 1. The average molecular weight is 250 g/mol. The third kappa shape index (κ3) is 6.18. The molecule has 1 rings (SSSR count). The molecule has 0 fully saturated rings. The highest BCUT2D eigenvalue weighted by molar-refractivity contribution is 6.02. The first-order valence-corrected chi connectivity index (χ1v) is 6.17. The van der Waals surface area contributed by atoms with E-state index < -0.39 is 0 Å². The summed E-state index contributed by atoms with van der Waals surface area (Å²) in [6.07, 6.45) is 14.1. The molecule has 0 N–H and O–H groups in total. The third-order valence-corrected chi connectivity index (χ3v) is 2.44. The smallest absolute Gasteiger partial charge is 0.178 e. The van der Waals surface area contributed by atoms with Crippen LogP contribution < -0.4 is 0 Å². The molecule has 0 amide bonds. The van der Waals surface area contributed by atoms with Crippen LogP contribution in [0.25, 0.3) is 6.08 Å². The molecule has 0 bridgehead atoms. The first kappa shape index (κ1) is 14.7. The zero-order valence-electron chi connectivity index (χ0n) is 11.1. The number of carbonyl (C=O) groups is 1. The van der Waals surface area contributed by atoms with Gasteiger partial charge in [-0.15, -0.1) is 0 Å². The van der Waals surface area contributed by atoms with E-state index in [2.05, 4.69) is 6.58 Å². The highest BCUT2D eigenvalue weighted by Crippen LogP contribution is 2.03. The molecule has 1 aromatic carbocycles. The van der Waals surface area contributed by atoms with Crippen LogP contribution in [-0.2, 0) is 4.79 Å². The Morgan fingerprint density at radius 3 is 2.42 bits per heavy atom. The summed E-state index contributed by atoms with van der Waals surface area (Å²) < 4.78 is 0. The van der Waals surface area contributed by atoms with Crippen LogP contribution in [0.15, 0.2) is 85.0 Å². The molecular formula is C18H18O. The molecule has 96 valence electrons. The van der Waals surface area contributed by atoms with E-state index in [0.29, 0.717) is 0 Å². The van der Waals surface area contributed by atoms with Gasteiger partial charge in [0, 0.05) is 0 Å². The largest absolute Gasteiger partial charge is 0.290 e. The second kappa shape index (κ2) is 8.65. The highest BCUT2D eigenvalue weighted by Gasteiger charge is 1.90. The van der Waals surface area contributed by atoms with E-state index in [0.717, 1.165) is 11.1 Å². The summed E-state index contributed by atoms with van der Waals surface area (Å²) in [5, 5.41) is 0. The fourth-order valence-electron chi connectivity index (χ4n) is 1.40. The molecule has 0 saturated carbocycles. The van der Waals surface area contributed by atoms with Crippen LogP contribution in [0.5, 0.6) is 0 Å². The van der Waals surface area contributed by atoms with Crippen LogP contribution in [-0.4, -0.2) is 5.78 Å².